The molecule has 1 aromatic rings. The van der Waals surface area contributed by atoms with E-state index < -0.39 is 29.9 Å². The molecule has 0 unspecified atom stereocenters. The van der Waals surface area contributed by atoms with Crippen molar-refractivity contribution < 1.29 is 24.2 Å². The predicted octanol–water partition coefficient (Wildman–Crippen LogP) is 1.89. The number of ether oxygens (including phenoxy) is 2. The number of rotatable bonds is 3. The number of carbonyl (C=O) groups is 2. The third-order valence-corrected chi connectivity index (χ3v) is 3.45. The number of aliphatic hydroxyl groups excluding tert-OH is 1. The molecule has 0 aliphatic carbocycles. The Balaban J connectivity index is 1.81. The predicted molar refractivity (Wildman–Crippen MR) is 87.4 cm³/mol. The summed E-state index contributed by atoms with van der Waals surface area (Å²) in [5.41, 5.74) is 0.260. The highest BCUT2D eigenvalue weighted by molar-refractivity contribution is 5.70. The Hall–Kier alpha value is -2.28. The molecule has 0 saturated carbocycles. The average molecular weight is 336 g/mol. The van der Waals surface area contributed by atoms with Crippen LogP contribution in [0.3, 0.4) is 0 Å². The van der Waals surface area contributed by atoms with E-state index in [-0.39, 0.29) is 19.7 Å². The minimum atomic E-state index is -0.859. The standard InChI is InChI=1S/C17H24N2O5/c1-17(2,3)24-15(21)18-13-9-19(10-14(13)20)16(22)23-11-12-7-5-4-6-8-12/h4-8,13-14,20H,9-11H2,1-3H3,(H,18,21)/t13-,14+/m0/s1. The van der Waals surface area contributed by atoms with E-state index in [9.17, 15) is 14.7 Å². The zero-order valence-corrected chi connectivity index (χ0v) is 14.2. The molecule has 7 nitrogen and oxygen atoms in total. The van der Waals surface area contributed by atoms with Crippen LogP contribution < -0.4 is 5.32 Å². The van der Waals surface area contributed by atoms with Crippen LogP contribution in [0.2, 0.25) is 0 Å². The van der Waals surface area contributed by atoms with E-state index in [4.69, 9.17) is 9.47 Å². The second-order valence-corrected chi connectivity index (χ2v) is 6.77. The quantitative estimate of drug-likeness (QED) is 0.880. The maximum atomic E-state index is 12.1. The van der Waals surface area contributed by atoms with E-state index in [1.165, 1.54) is 4.90 Å². The molecule has 2 N–H and O–H groups in total. The van der Waals surface area contributed by atoms with Gasteiger partial charge in [0, 0.05) is 6.54 Å². The first-order valence-electron chi connectivity index (χ1n) is 7.88. The van der Waals surface area contributed by atoms with Crippen LogP contribution in [0.1, 0.15) is 26.3 Å². The van der Waals surface area contributed by atoms with Gasteiger partial charge in [-0.25, -0.2) is 9.59 Å². The van der Waals surface area contributed by atoms with Gasteiger partial charge in [0.25, 0.3) is 0 Å². The molecular weight excluding hydrogens is 312 g/mol. The number of nitrogens with one attached hydrogen (secondary N) is 1. The van der Waals surface area contributed by atoms with Crippen molar-refractivity contribution in [1.29, 1.82) is 0 Å². The van der Waals surface area contributed by atoms with Crippen molar-refractivity contribution in [3.8, 4) is 0 Å². The molecule has 2 amide bonds. The Morgan fingerprint density at radius 2 is 1.92 bits per heavy atom. The van der Waals surface area contributed by atoms with Gasteiger partial charge < -0.3 is 24.8 Å². The van der Waals surface area contributed by atoms with Crippen molar-refractivity contribution >= 4 is 12.2 Å². The molecule has 2 atom stereocenters. The van der Waals surface area contributed by atoms with Crippen LogP contribution in [-0.4, -0.2) is 53.0 Å². The van der Waals surface area contributed by atoms with Gasteiger partial charge in [-0.05, 0) is 26.3 Å². The van der Waals surface area contributed by atoms with Crippen molar-refractivity contribution in [2.45, 2.75) is 45.1 Å². The summed E-state index contributed by atoms with van der Waals surface area (Å²) in [5.74, 6) is 0. The number of carbonyl (C=O) groups excluding carboxylic acids is 2. The number of alkyl carbamates (subject to hydrolysis) is 1. The summed E-state index contributed by atoms with van der Waals surface area (Å²) in [4.78, 5) is 25.2. The highest BCUT2D eigenvalue weighted by Crippen LogP contribution is 2.14. The zero-order chi connectivity index (χ0) is 17.7. The van der Waals surface area contributed by atoms with Gasteiger partial charge in [0.2, 0.25) is 0 Å². The lowest BCUT2D eigenvalue weighted by Gasteiger charge is -2.22. The molecule has 1 heterocycles. The van der Waals surface area contributed by atoms with Gasteiger partial charge >= 0.3 is 12.2 Å². The third-order valence-electron chi connectivity index (χ3n) is 3.45. The second-order valence-electron chi connectivity index (χ2n) is 6.77. The topological polar surface area (TPSA) is 88.1 Å². The molecule has 2 rings (SSSR count). The monoisotopic (exact) mass is 336 g/mol. The van der Waals surface area contributed by atoms with Crippen LogP contribution in [0.15, 0.2) is 30.3 Å². The summed E-state index contributed by atoms with van der Waals surface area (Å²) in [6.45, 7) is 5.71. The normalized spacial score (nSPS) is 20.6. The number of likely N-dealkylation sites (tertiary alicyclic amines) is 1. The van der Waals surface area contributed by atoms with Crippen LogP contribution in [-0.2, 0) is 16.1 Å². The lowest BCUT2D eigenvalue weighted by Crippen LogP contribution is -2.45. The average Bonchev–Trinajstić information content (AvgIpc) is 2.85. The molecule has 0 bridgehead atoms. The minimum Gasteiger partial charge on any atom is -0.445 e. The van der Waals surface area contributed by atoms with Crippen LogP contribution in [0.5, 0.6) is 0 Å². The zero-order valence-electron chi connectivity index (χ0n) is 14.2. The number of nitrogens with zero attached hydrogens (tertiary/aromatic N) is 1. The first-order chi connectivity index (χ1) is 11.2. The molecule has 1 aliphatic rings. The molecule has 0 radical (unpaired) electrons. The maximum Gasteiger partial charge on any atom is 0.410 e. The lowest BCUT2D eigenvalue weighted by atomic mass is 10.2. The van der Waals surface area contributed by atoms with Gasteiger partial charge in [0.05, 0.1) is 18.7 Å². The summed E-state index contributed by atoms with van der Waals surface area (Å²) < 4.78 is 10.4. The fourth-order valence-electron chi connectivity index (χ4n) is 2.35. The molecule has 132 valence electrons. The van der Waals surface area contributed by atoms with Crippen molar-refractivity contribution in [1.82, 2.24) is 10.2 Å². The van der Waals surface area contributed by atoms with Crippen LogP contribution in [0.25, 0.3) is 0 Å². The smallest absolute Gasteiger partial charge is 0.410 e. The molecular formula is C17H24N2O5. The van der Waals surface area contributed by atoms with Crippen molar-refractivity contribution in [3.05, 3.63) is 35.9 Å². The summed E-state index contributed by atoms with van der Waals surface area (Å²) in [6, 6.07) is 8.75. The number of β-amino-alcohol motifs (C(OH)–C–C–N with tert-alkyl or cyclic N) is 1. The molecule has 1 aliphatic heterocycles. The summed E-state index contributed by atoms with van der Waals surface area (Å²) >= 11 is 0. The van der Waals surface area contributed by atoms with E-state index in [0.717, 1.165) is 5.56 Å². The summed E-state index contributed by atoms with van der Waals surface area (Å²) in [7, 11) is 0. The number of benzene rings is 1. The second kappa shape index (κ2) is 7.53. The highest BCUT2D eigenvalue weighted by Gasteiger charge is 2.36. The van der Waals surface area contributed by atoms with Crippen molar-refractivity contribution in [2.75, 3.05) is 13.1 Å². The largest absolute Gasteiger partial charge is 0.445 e. The molecule has 0 aromatic heterocycles. The lowest BCUT2D eigenvalue weighted by molar-refractivity contribution is 0.0461. The fraction of sp³-hybridized carbons (Fsp3) is 0.529. The Bertz CT molecular complexity index is 570. The molecule has 1 fully saturated rings. The fourth-order valence-corrected chi connectivity index (χ4v) is 2.35. The Morgan fingerprint density at radius 3 is 2.54 bits per heavy atom. The van der Waals surface area contributed by atoms with Gasteiger partial charge in [-0.3, -0.25) is 0 Å². The number of hydrogen-bond acceptors (Lipinski definition) is 5. The first-order valence-corrected chi connectivity index (χ1v) is 7.88. The van der Waals surface area contributed by atoms with Gasteiger partial charge in [-0.2, -0.15) is 0 Å². The van der Waals surface area contributed by atoms with E-state index >= 15 is 0 Å². The van der Waals surface area contributed by atoms with Gasteiger partial charge in [0.1, 0.15) is 12.2 Å². The summed E-state index contributed by atoms with van der Waals surface area (Å²) in [6.07, 6.45) is -2.00. The van der Waals surface area contributed by atoms with Crippen LogP contribution >= 0.6 is 0 Å². The molecule has 1 aromatic carbocycles. The SMILES string of the molecule is CC(C)(C)OC(=O)N[C@H]1CN(C(=O)OCc2ccccc2)C[C@H]1O. The number of hydrogen-bond donors (Lipinski definition) is 2. The van der Waals surface area contributed by atoms with E-state index in [1.807, 2.05) is 30.3 Å². The molecule has 1 saturated heterocycles. The van der Waals surface area contributed by atoms with Crippen molar-refractivity contribution in [2.24, 2.45) is 0 Å². The van der Waals surface area contributed by atoms with Crippen LogP contribution in [0, 0.1) is 0 Å². The van der Waals surface area contributed by atoms with Crippen molar-refractivity contribution in [3.63, 3.8) is 0 Å². The molecule has 7 heteroatoms. The molecule has 0 spiro atoms. The molecule has 24 heavy (non-hydrogen) atoms. The van der Waals surface area contributed by atoms with E-state index in [2.05, 4.69) is 5.32 Å². The van der Waals surface area contributed by atoms with Gasteiger partial charge in [-0.15, -0.1) is 0 Å². The van der Waals surface area contributed by atoms with Crippen LogP contribution in [0.4, 0.5) is 9.59 Å². The Morgan fingerprint density at radius 1 is 1.25 bits per heavy atom. The number of amides is 2. The summed E-state index contributed by atoms with van der Waals surface area (Å²) in [5, 5.41) is 12.6. The number of aliphatic hydroxyl groups is 1. The van der Waals surface area contributed by atoms with E-state index in [1.54, 1.807) is 20.8 Å². The maximum absolute atomic E-state index is 12.1. The Labute approximate surface area is 141 Å². The highest BCUT2D eigenvalue weighted by atomic mass is 16.6. The van der Waals surface area contributed by atoms with Gasteiger partial charge in [-0.1, -0.05) is 30.3 Å². The Kier molecular flexibility index (Phi) is 5.66. The first kappa shape index (κ1) is 18.1. The van der Waals surface area contributed by atoms with E-state index in [0.29, 0.717) is 0 Å². The van der Waals surface area contributed by atoms with Gasteiger partial charge in [0.15, 0.2) is 0 Å². The third kappa shape index (κ3) is 5.42. The minimum absolute atomic E-state index is 0.105.